The summed E-state index contributed by atoms with van der Waals surface area (Å²) >= 11 is 0. The van der Waals surface area contributed by atoms with Gasteiger partial charge in [-0.3, -0.25) is 9.69 Å². The number of amides is 1. The largest absolute Gasteiger partial charge is 0.368 e. The van der Waals surface area contributed by atoms with Crippen molar-refractivity contribution < 1.29 is 4.79 Å². The molecule has 0 saturated carbocycles. The predicted octanol–water partition coefficient (Wildman–Crippen LogP) is 1.31. The van der Waals surface area contributed by atoms with Gasteiger partial charge >= 0.3 is 0 Å². The SMILES string of the molecule is CCCN1Cc2ccccc2C[C@H]1C(N)=O. The van der Waals surface area contributed by atoms with Gasteiger partial charge in [-0.25, -0.2) is 0 Å². The first-order valence-corrected chi connectivity index (χ1v) is 5.82. The van der Waals surface area contributed by atoms with E-state index in [1.165, 1.54) is 11.1 Å². The Labute approximate surface area is 96.2 Å². The number of primary amides is 1. The maximum absolute atomic E-state index is 11.4. The summed E-state index contributed by atoms with van der Waals surface area (Å²) in [5, 5.41) is 0. The van der Waals surface area contributed by atoms with E-state index in [1.54, 1.807) is 0 Å². The first-order chi connectivity index (χ1) is 7.72. The minimum Gasteiger partial charge on any atom is -0.368 e. The zero-order chi connectivity index (χ0) is 11.5. The van der Waals surface area contributed by atoms with Crippen molar-refractivity contribution in [2.24, 2.45) is 5.73 Å². The topological polar surface area (TPSA) is 46.3 Å². The van der Waals surface area contributed by atoms with Crippen LogP contribution in [0.3, 0.4) is 0 Å². The zero-order valence-electron chi connectivity index (χ0n) is 9.65. The average molecular weight is 218 g/mol. The summed E-state index contributed by atoms with van der Waals surface area (Å²) in [6.45, 7) is 3.90. The fourth-order valence-electron chi connectivity index (χ4n) is 2.38. The van der Waals surface area contributed by atoms with Gasteiger partial charge in [-0.1, -0.05) is 31.2 Å². The molecule has 0 spiro atoms. The fourth-order valence-corrected chi connectivity index (χ4v) is 2.38. The van der Waals surface area contributed by atoms with E-state index in [9.17, 15) is 4.79 Å². The lowest BCUT2D eigenvalue weighted by Gasteiger charge is -2.34. The van der Waals surface area contributed by atoms with Gasteiger partial charge in [0.2, 0.25) is 5.91 Å². The molecule has 0 aromatic heterocycles. The third kappa shape index (κ3) is 2.09. The molecule has 0 saturated heterocycles. The molecule has 1 heterocycles. The Morgan fingerprint density at radius 1 is 1.44 bits per heavy atom. The lowest BCUT2D eigenvalue weighted by molar-refractivity contribution is -0.123. The standard InChI is InChI=1S/C13H18N2O/c1-2-7-15-9-11-6-4-3-5-10(11)8-12(15)13(14)16/h3-6,12H,2,7-9H2,1H3,(H2,14,16)/t12-/m0/s1. The highest BCUT2D eigenvalue weighted by atomic mass is 16.1. The molecule has 1 aliphatic heterocycles. The van der Waals surface area contributed by atoms with Crippen LogP contribution < -0.4 is 5.73 Å². The van der Waals surface area contributed by atoms with Crippen LogP contribution in [0.25, 0.3) is 0 Å². The second kappa shape index (κ2) is 4.66. The van der Waals surface area contributed by atoms with E-state index in [0.717, 1.165) is 25.9 Å². The van der Waals surface area contributed by atoms with E-state index < -0.39 is 0 Å². The second-order valence-corrected chi connectivity index (χ2v) is 4.36. The molecule has 1 atom stereocenters. The molecule has 0 aliphatic carbocycles. The van der Waals surface area contributed by atoms with Crippen molar-refractivity contribution in [1.82, 2.24) is 4.90 Å². The molecule has 0 radical (unpaired) electrons. The van der Waals surface area contributed by atoms with Gasteiger partial charge in [0.1, 0.15) is 0 Å². The molecule has 0 unspecified atom stereocenters. The summed E-state index contributed by atoms with van der Waals surface area (Å²) in [4.78, 5) is 13.6. The Bertz CT molecular complexity index is 389. The number of hydrogen-bond acceptors (Lipinski definition) is 2. The molecule has 3 nitrogen and oxygen atoms in total. The highest BCUT2D eigenvalue weighted by Crippen LogP contribution is 2.23. The van der Waals surface area contributed by atoms with Gasteiger partial charge in [0.25, 0.3) is 0 Å². The Hall–Kier alpha value is -1.35. The van der Waals surface area contributed by atoms with Gasteiger partial charge in [0.15, 0.2) is 0 Å². The van der Waals surface area contributed by atoms with E-state index in [2.05, 4.69) is 24.0 Å². The maximum atomic E-state index is 11.4. The number of nitrogens with two attached hydrogens (primary N) is 1. The molecule has 0 bridgehead atoms. The Kier molecular flexibility index (Phi) is 3.25. The highest BCUT2D eigenvalue weighted by Gasteiger charge is 2.28. The van der Waals surface area contributed by atoms with Crippen molar-refractivity contribution in [2.75, 3.05) is 6.54 Å². The van der Waals surface area contributed by atoms with Gasteiger partial charge in [-0.15, -0.1) is 0 Å². The smallest absolute Gasteiger partial charge is 0.235 e. The lowest BCUT2D eigenvalue weighted by atomic mass is 9.93. The second-order valence-electron chi connectivity index (χ2n) is 4.36. The number of carbonyl (C=O) groups excluding carboxylic acids is 1. The van der Waals surface area contributed by atoms with Crippen LogP contribution in [0.15, 0.2) is 24.3 Å². The van der Waals surface area contributed by atoms with Crippen LogP contribution in [-0.2, 0) is 17.8 Å². The number of fused-ring (bicyclic) bond motifs is 1. The first kappa shape index (κ1) is 11.1. The van der Waals surface area contributed by atoms with Gasteiger partial charge < -0.3 is 5.73 Å². The van der Waals surface area contributed by atoms with E-state index in [-0.39, 0.29) is 11.9 Å². The average Bonchev–Trinajstić information content (AvgIpc) is 2.28. The van der Waals surface area contributed by atoms with Gasteiger partial charge in [0, 0.05) is 6.54 Å². The number of benzene rings is 1. The first-order valence-electron chi connectivity index (χ1n) is 5.82. The number of carbonyl (C=O) groups is 1. The van der Waals surface area contributed by atoms with Gasteiger partial charge in [0.05, 0.1) is 6.04 Å². The van der Waals surface area contributed by atoms with Crippen LogP contribution >= 0.6 is 0 Å². The Morgan fingerprint density at radius 3 is 2.75 bits per heavy atom. The maximum Gasteiger partial charge on any atom is 0.235 e. The lowest BCUT2D eigenvalue weighted by Crippen LogP contribution is -2.48. The normalized spacial score (nSPS) is 20.4. The summed E-state index contributed by atoms with van der Waals surface area (Å²) in [5.41, 5.74) is 8.05. The zero-order valence-corrected chi connectivity index (χ0v) is 9.65. The molecule has 0 fully saturated rings. The molecule has 1 aromatic rings. The van der Waals surface area contributed by atoms with Crippen molar-refractivity contribution >= 4 is 5.91 Å². The van der Waals surface area contributed by atoms with Crippen LogP contribution in [-0.4, -0.2) is 23.4 Å². The molecule has 2 rings (SSSR count). The number of nitrogens with zero attached hydrogens (tertiary/aromatic N) is 1. The summed E-state index contributed by atoms with van der Waals surface area (Å²) in [7, 11) is 0. The van der Waals surface area contributed by atoms with E-state index >= 15 is 0 Å². The third-order valence-electron chi connectivity index (χ3n) is 3.19. The van der Waals surface area contributed by atoms with Crippen LogP contribution in [0.4, 0.5) is 0 Å². The monoisotopic (exact) mass is 218 g/mol. The molecule has 1 aromatic carbocycles. The molecular formula is C13H18N2O. The number of hydrogen-bond donors (Lipinski definition) is 1. The Morgan fingerprint density at radius 2 is 2.12 bits per heavy atom. The van der Waals surface area contributed by atoms with Crippen LogP contribution in [0.5, 0.6) is 0 Å². The van der Waals surface area contributed by atoms with Gasteiger partial charge in [-0.2, -0.15) is 0 Å². The van der Waals surface area contributed by atoms with E-state index in [0.29, 0.717) is 0 Å². The van der Waals surface area contributed by atoms with Crippen LogP contribution in [0.1, 0.15) is 24.5 Å². The molecule has 16 heavy (non-hydrogen) atoms. The van der Waals surface area contributed by atoms with Crippen molar-refractivity contribution in [1.29, 1.82) is 0 Å². The molecule has 2 N–H and O–H groups in total. The highest BCUT2D eigenvalue weighted by molar-refractivity contribution is 5.80. The van der Waals surface area contributed by atoms with Crippen molar-refractivity contribution in [3.8, 4) is 0 Å². The predicted molar refractivity (Wildman–Crippen MR) is 63.8 cm³/mol. The fraction of sp³-hybridized carbons (Fsp3) is 0.462. The quantitative estimate of drug-likeness (QED) is 0.831. The minimum absolute atomic E-state index is 0.130. The molecular weight excluding hydrogens is 200 g/mol. The Balaban J connectivity index is 2.25. The molecule has 1 aliphatic rings. The van der Waals surface area contributed by atoms with Crippen LogP contribution in [0, 0.1) is 0 Å². The van der Waals surface area contributed by atoms with Crippen molar-refractivity contribution in [3.63, 3.8) is 0 Å². The minimum atomic E-state index is -0.206. The van der Waals surface area contributed by atoms with Gasteiger partial charge in [-0.05, 0) is 30.5 Å². The van der Waals surface area contributed by atoms with Crippen molar-refractivity contribution in [3.05, 3.63) is 35.4 Å². The van der Waals surface area contributed by atoms with Crippen molar-refractivity contribution in [2.45, 2.75) is 32.4 Å². The van der Waals surface area contributed by atoms with Crippen LogP contribution in [0.2, 0.25) is 0 Å². The molecule has 86 valence electrons. The summed E-state index contributed by atoms with van der Waals surface area (Å²) in [5.74, 6) is -0.206. The summed E-state index contributed by atoms with van der Waals surface area (Å²) in [6.07, 6.45) is 1.80. The summed E-state index contributed by atoms with van der Waals surface area (Å²) in [6, 6.07) is 8.17. The van der Waals surface area contributed by atoms with E-state index in [1.807, 2.05) is 12.1 Å². The third-order valence-corrected chi connectivity index (χ3v) is 3.19. The van der Waals surface area contributed by atoms with E-state index in [4.69, 9.17) is 5.73 Å². The molecule has 1 amide bonds. The molecule has 3 heteroatoms. The number of rotatable bonds is 3. The summed E-state index contributed by atoms with van der Waals surface area (Å²) < 4.78 is 0.